The largest absolute Gasteiger partial charge is 0.421 e. The maximum absolute atomic E-state index is 13.5. The molecule has 176 valence electrons. The molecule has 33 heavy (non-hydrogen) atoms. The van der Waals surface area contributed by atoms with Crippen LogP contribution in [-0.2, 0) is 12.6 Å². The van der Waals surface area contributed by atoms with Crippen LogP contribution in [0.3, 0.4) is 0 Å². The number of anilines is 4. The van der Waals surface area contributed by atoms with Crippen molar-refractivity contribution >= 4 is 23.1 Å². The monoisotopic (exact) mass is 456 g/mol. The summed E-state index contributed by atoms with van der Waals surface area (Å²) in [6, 6.07) is 15.1. The number of benzene rings is 2. The lowest BCUT2D eigenvalue weighted by Gasteiger charge is -2.15. The van der Waals surface area contributed by atoms with Gasteiger partial charge in [-0.25, -0.2) is 4.98 Å². The summed E-state index contributed by atoms with van der Waals surface area (Å²) >= 11 is 0. The van der Waals surface area contributed by atoms with Crippen molar-refractivity contribution in [2.45, 2.75) is 65.0 Å². The number of unbranched alkanes of at least 4 members (excludes halogenated alkanes) is 3. The molecule has 0 saturated carbocycles. The Bertz CT molecular complexity index is 1010. The molecule has 0 unspecified atom stereocenters. The van der Waals surface area contributed by atoms with Crippen LogP contribution < -0.4 is 10.6 Å². The fourth-order valence-corrected chi connectivity index (χ4v) is 3.47. The van der Waals surface area contributed by atoms with Gasteiger partial charge in [-0.15, -0.1) is 0 Å². The first-order valence-electron chi connectivity index (χ1n) is 11.4. The number of aromatic nitrogens is 2. The van der Waals surface area contributed by atoms with E-state index in [1.54, 1.807) is 12.1 Å². The van der Waals surface area contributed by atoms with Crippen molar-refractivity contribution in [2.75, 3.05) is 10.6 Å². The quantitative estimate of drug-likeness (QED) is 0.302. The van der Waals surface area contributed by atoms with Gasteiger partial charge in [-0.05, 0) is 54.2 Å². The Balaban J connectivity index is 1.75. The molecule has 4 nitrogen and oxygen atoms in total. The Kier molecular flexibility index (Phi) is 8.31. The third-order valence-electron chi connectivity index (χ3n) is 5.46. The van der Waals surface area contributed by atoms with E-state index in [4.69, 9.17) is 0 Å². The smallest absolute Gasteiger partial charge is 0.340 e. The molecule has 0 fully saturated rings. The normalized spacial score (nSPS) is 11.6. The standard InChI is InChI=1S/C26H31F3N4/c1-4-5-6-7-8-19-9-13-22(14-10-19)32-25-30-17-23(26(27,28)29)24(33-25)31-21-15-11-20(12-16-21)18(2)3/h9-18H,4-8H2,1-3H3,(H2,30,31,32,33). The second kappa shape index (κ2) is 11.2. The molecule has 1 aromatic heterocycles. The molecule has 3 rings (SSSR count). The topological polar surface area (TPSA) is 49.8 Å². The summed E-state index contributed by atoms with van der Waals surface area (Å²) in [5.41, 5.74) is 2.68. The first kappa shape index (κ1) is 24.6. The van der Waals surface area contributed by atoms with Crippen molar-refractivity contribution in [3.63, 3.8) is 0 Å². The lowest BCUT2D eigenvalue weighted by molar-refractivity contribution is -0.137. The van der Waals surface area contributed by atoms with Gasteiger partial charge >= 0.3 is 6.18 Å². The minimum Gasteiger partial charge on any atom is -0.340 e. The minimum atomic E-state index is -4.57. The molecular weight excluding hydrogens is 425 g/mol. The molecule has 0 radical (unpaired) electrons. The van der Waals surface area contributed by atoms with Gasteiger partial charge in [-0.2, -0.15) is 18.2 Å². The number of aryl methyl sites for hydroxylation is 1. The number of nitrogens with zero attached hydrogens (tertiary/aromatic N) is 2. The van der Waals surface area contributed by atoms with Gasteiger partial charge in [0.2, 0.25) is 5.95 Å². The van der Waals surface area contributed by atoms with Crippen LogP contribution in [0.25, 0.3) is 0 Å². The van der Waals surface area contributed by atoms with Crippen LogP contribution in [0.2, 0.25) is 0 Å². The van der Waals surface area contributed by atoms with Gasteiger partial charge in [-0.3, -0.25) is 0 Å². The molecule has 0 aliphatic heterocycles. The Labute approximate surface area is 193 Å². The third-order valence-corrected chi connectivity index (χ3v) is 5.46. The van der Waals surface area contributed by atoms with Crippen molar-refractivity contribution in [1.29, 1.82) is 0 Å². The van der Waals surface area contributed by atoms with Crippen molar-refractivity contribution in [3.05, 3.63) is 71.4 Å². The van der Waals surface area contributed by atoms with Gasteiger partial charge in [-0.1, -0.05) is 64.3 Å². The van der Waals surface area contributed by atoms with Crippen molar-refractivity contribution in [1.82, 2.24) is 9.97 Å². The van der Waals surface area contributed by atoms with Crippen LogP contribution >= 0.6 is 0 Å². The van der Waals surface area contributed by atoms with E-state index in [9.17, 15) is 13.2 Å². The molecule has 0 aliphatic carbocycles. The van der Waals surface area contributed by atoms with Crippen LogP contribution in [0.1, 0.15) is 69.1 Å². The average molecular weight is 457 g/mol. The Morgan fingerprint density at radius 2 is 1.48 bits per heavy atom. The highest BCUT2D eigenvalue weighted by Gasteiger charge is 2.35. The number of rotatable bonds is 10. The van der Waals surface area contributed by atoms with Crippen LogP contribution in [0, 0.1) is 0 Å². The van der Waals surface area contributed by atoms with Gasteiger partial charge in [0, 0.05) is 17.6 Å². The van der Waals surface area contributed by atoms with Crippen LogP contribution in [0.4, 0.5) is 36.3 Å². The molecule has 0 atom stereocenters. The maximum atomic E-state index is 13.5. The first-order chi connectivity index (χ1) is 15.8. The van der Waals surface area contributed by atoms with E-state index in [1.807, 2.05) is 36.4 Å². The number of alkyl halides is 3. The van der Waals surface area contributed by atoms with Crippen LogP contribution in [0.15, 0.2) is 54.7 Å². The summed E-state index contributed by atoms with van der Waals surface area (Å²) in [6.45, 7) is 6.31. The van der Waals surface area contributed by atoms with E-state index >= 15 is 0 Å². The van der Waals surface area contributed by atoms with E-state index in [-0.39, 0.29) is 11.8 Å². The summed E-state index contributed by atoms with van der Waals surface area (Å²) in [6.07, 6.45) is 2.06. The Hall–Kier alpha value is -3.09. The summed E-state index contributed by atoms with van der Waals surface area (Å²) < 4.78 is 40.6. The van der Waals surface area contributed by atoms with E-state index in [0.29, 0.717) is 11.6 Å². The zero-order valence-corrected chi connectivity index (χ0v) is 19.3. The second-order valence-corrected chi connectivity index (χ2v) is 8.49. The molecule has 1 heterocycles. The molecule has 2 aromatic carbocycles. The summed E-state index contributed by atoms with van der Waals surface area (Å²) in [7, 11) is 0. The van der Waals surface area contributed by atoms with Gasteiger partial charge in [0.1, 0.15) is 11.4 Å². The predicted octanol–water partition coefficient (Wildman–Crippen LogP) is 8.23. The summed E-state index contributed by atoms with van der Waals surface area (Å²) in [5.74, 6) is 0.146. The third kappa shape index (κ3) is 7.20. The average Bonchev–Trinajstić information content (AvgIpc) is 2.77. The van der Waals surface area contributed by atoms with E-state index in [2.05, 4.69) is 41.4 Å². The zero-order valence-electron chi connectivity index (χ0n) is 19.3. The van der Waals surface area contributed by atoms with Crippen LogP contribution in [0.5, 0.6) is 0 Å². The number of hydrogen-bond donors (Lipinski definition) is 2. The number of halogens is 3. The highest BCUT2D eigenvalue weighted by molar-refractivity contribution is 5.63. The van der Waals surface area contributed by atoms with E-state index < -0.39 is 11.7 Å². The molecular formula is C26H31F3N4. The predicted molar refractivity (Wildman–Crippen MR) is 128 cm³/mol. The fourth-order valence-electron chi connectivity index (χ4n) is 3.47. The lowest BCUT2D eigenvalue weighted by Crippen LogP contribution is -2.12. The molecule has 0 bridgehead atoms. The number of nitrogens with one attached hydrogen (secondary N) is 2. The maximum Gasteiger partial charge on any atom is 0.421 e. The molecule has 0 saturated heterocycles. The molecule has 3 aromatic rings. The highest BCUT2D eigenvalue weighted by Crippen LogP contribution is 2.35. The number of hydrogen-bond acceptors (Lipinski definition) is 4. The lowest BCUT2D eigenvalue weighted by atomic mass is 10.0. The van der Waals surface area contributed by atoms with Gasteiger partial charge < -0.3 is 10.6 Å². The molecule has 0 amide bonds. The molecule has 2 N–H and O–H groups in total. The van der Waals surface area contributed by atoms with Crippen molar-refractivity contribution < 1.29 is 13.2 Å². The zero-order chi connectivity index (χ0) is 23.8. The van der Waals surface area contributed by atoms with Crippen LogP contribution in [-0.4, -0.2) is 9.97 Å². The SMILES string of the molecule is CCCCCCc1ccc(Nc2ncc(C(F)(F)F)c(Nc3ccc(C(C)C)cc3)n2)cc1. The molecule has 0 aliphatic rings. The Morgan fingerprint density at radius 1 is 0.848 bits per heavy atom. The van der Waals surface area contributed by atoms with Crippen molar-refractivity contribution in [2.24, 2.45) is 0 Å². The van der Waals surface area contributed by atoms with Crippen molar-refractivity contribution in [3.8, 4) is 0 Å². The summed E-state index contributed by atoms with van der Waals surface area (Å²) in [5, 5.41) is 5.81. The van der Waals surface area contributed by atoms with Gasteiger partial charge in [0.05, 0.1) is 0 Å². The van der Waals surface area contributed by atoms with E-state index in [1.165, 1.54) is 24.8 Å². The molecule has 7 heteroatoms. The molecule has 0 spiro atoms. The second-order valence-electron chi connectivity index (χ2n) is 8.49. The van der Waals surface area contributed by atoms with Gasteiger partial charge in [0.15, 0.2) is 0 Å². The summed E-state index contributed by atoms with van der Waals surface area (Å²) in [4.78, 5) is 8.02. The first-order valence-corrected chi connectivity index (χ1v) is 11.4. The minimum absolute atomic E-state index is 0.0972. The Morgan fingerprint density at radius 3 is 2.09 bits per heavy atom. The highest BCUT2D eigenvalue weighted by atomic mass is 19.4. The fraction of sp³-hybridized carbons (Fsp3) is 0.385. The van der Waals surface area contributed by atoms with Gasteiger partial charge in [0.25, 0.3) is 0 Å². The van der Waals surface area contributed by atoms with E-state index in [0.717, 1.165) is 30.3 Å².